The fourth-order valence-electron chi connectivity index (χ4n) is 1.42. The fourth-order valence-corrected chi connectivity index (χ4v) is 3.67. The second kappa shape index (κ2) is 5.44. The lowest BCUT2D eigenvalue weighted by Gasteiger charge is -2.09. The van der Waals surface area contributed by atoms with Gasteiger partial charge >= 0.3 is 10.1 Å². The van der Waals surface area contributed by atoms with Crippen molar-refractivity contribution in [2.24, 2.45) is 0 Å². The molecule has 0 saturated carbocycles. The summed E-state index contributed by atoms with van der Waals surface area (Å²) in [4.78, 5) is 11.5. The van der Waals surface area contributed by atoms with Gasteiger partial charge in [-0.05, 0) is 36.6 Å². The second-order valence-electron chi connectivity index (χ2n) is 3.67. The van der Waals surface area contributed by atoms with Gasteiger partial charge in [-0.25, -0.2) is 0 Å². The van der Waals surface area contributed by atoms with Crippen LogP contribution in [-0.4, -0.2) is 14.2 Å². The Morgan fingerprint density at radius 1 is 1.32 bits per heavy atom. The predicted molar refractivity (Wildman–Crippen MR) is 76.3 cm³/mol. The minimum atomic E-state index is -3.89. The molecule has 0 radical (unpaired) electrons. The molecule has 0 spiro atoms. The van der Waals surface area contributed by atoms with E-state index in [2.05, 4.69) is 15.9 Å². The van der Waals surface area contributed by atoms with E-state index in [-0.39, 0.29) is 21.3 Å². The number of hydrogen-bond donors (Lipinski definition) is 0. The molecule has 0 aliphatic carbocycles. The van der Waals surface area contributed by atoms with Gasteiger partial charge in [-0.15, -0.1) is 11.3 Å². The number of benzene rings is 1. The molecule has 0 bridgehead atoms. The molecule has 100 valence electrons. The fraction of sp³-hybridized carbons (Fsp3) is 0.0833. The molecule has 7 heteroatoms. The number of rotatable bonds is 4. The Balaban J connectivity index is 2.42. The molecule has 1 heterocycles. The first-order valence-corrected chi connectivity index (χ1v) is 8.27. The van der Waals surface area contributed by atoms with Gasteiger partial charge in [0.05, 0.1) is 5.56 Å². The molecule has 1 aromatic carbocycles. The summed E-state index contributed by atoms with van der Waals surface area (Å²) in [6, 6.07) is 7.67. The monoisotopic (exact) mass is 360 g/mol. The third-order valence-corrected chi connectivity index (χ3v) is 5.35. The van der Waals surface area contributed by atoms with Crippen LogP contribution in [0.2, 0.25) is 0 Å². The highest BCUT2D eigenvalue weighted by Crippen LogP contribution is 2.28. The molecule has 0 fully saturated rings. The van der Waals surface area contributed by atoms with Crippen molar-refractivity contribution in [2.75, 3.05) is 0 Å². The molecule has 0 unspecified atom stereocenters. The summed E-state index contributed by atoms with van der Waals surface area (Å²) in [6.45, 7) is 1.35. The quantitative estimate of drug-likeness (QED) is 0.618. The van der Waals surface area contributed by atoms with Crippen molar-refractivity contribution in [3.05, 3.63) is 45.7 Å². The van der Waals surface area contributed by atoms with Crippen LogP contribution >= 0.6 is 27.3 Å². The lowest BCUT2D eigenvalue weighted by Crippen LogP contribution is -2.10. The van der Waals surface area contributed by atoms with Crippen molar-refractivity contribution in [2.45, 2.75) is 11.1 Å². The highest BCUT2D eigenvalue weighted by Gasteiger charge is 2.20. The van der Waals surface area contributed by atoms with Crippen molar-refractivity contribution in [1.29, 1.82) is 0 Å². The number of thiophene rings is 1. The van der Waals surface area contributed by atoms with Gasteiger partial charge in [-0.3, -0.25) is 4.79 Å². The normalized spacial score (nSPS) is 11.3. The van der Waals surface area contributed by atoms with Gasteiger partial charge in [0.25, 0.3) is 0 Å². The summed E-state index contributed by atoms with van der Waals surface area (Å²) in [5.41, 5.74) is 0.217. The smallest absolute Gasteiger partial charge is 0.348 e. The highest BCUT2D eigenvalue weighted by molar-refractivity contribution is 9.10. The number of ketones is 1. The summed E-state index contributed by atoms with van der Waals surface area (Å²) >= 11 is 4.29. The standard InChI is InChI=1S/C12H9BrO4S2/c1-8(14)10-7-9(13)4-5-11(10)17-19(15,16)12-3-2-6-18-12/h2-7H,1H3. The number of hydrogen-bond acceptors (Lipinski definition) is 5. The molecule has 0 aliphatic rings. The largest absolute Gasteiger partial charge is 0.378 e. The van der Waals surface area contributed by atoms with Gasteiger partial charge in [0.1, 0.15) is 0 Å². The van der Waals surface area contributed by atoms with Crippen LogP contribution in [0.15, 0.2) is 44.4 Å². The number of carbonyl (C=O) groups is 1. The van der Waals surface area contributed by atoms with Crippen LogP contribution < -0.4 is 4.18 Å². The first-order valence-electron chi connectivity index (χ1n) is 5.18. The first-order chi connectivity index (χ1) is 8.90. The molecule has 4 nitrogen and oxygen atoms in total. The summed E-state index contributed by atoms with van der Waals surface area (Å²) in [5, 5.41) is 1.64. The molecule has 0 N–H and O–H groups in total. The Hall–Kier alpha value is -1.18. The van der Waals surface area contributed by atoms with Crippen LogP contribution in [0.1, 0.15) is 17.3 Å². The average molecular weight is 361 g/mol. The van der Waals surface area contributed by atoms with Gasteiger partial charge in [0.15, 0.2) is 15.7 Å². The molecule has 0 atom stereocenters. The van der Waals surface area contributed by atoms with E-state index >= 15 is 0 Å². The topological polar surface area (TPSA) is 60.4 Å². The summed E-state index contributed by atoms with van der Waals surface area (Å²) in [7, 11) is -3.89. The van der Waals surface area contributed by atoms with Crippen molar-refractivity contribution >= 4 is 43.2 Å². The maximum atomic E-state index is 12.0. The van der Waals surface area contributed by atoms with E-state index in [1.54, 1.807) is 17.5 Å². The van der Waals surface area contributed by atoms with Gasteiger partial charge in [-0.1, -0.05) is 22.0 Å². The Morgan fingerprint density at radius 2 is 2.05 bits per heavy atom. The zero-order chi connectivity index (χ0) is 14.0. The first kappa shape index (κ1) is 14.2. The van der Waals surface area contributed by atoms with Crippen molar-refractivity contribution in [3.63, 3.8) is 0 Å². The van der Waals surface area contributed by atoms with Crippen LogP contribution in [0.4, 0.5) is 0 Å². The molecule has 0 saturated heterocycles. The van der Waals surface area contributed by atoms with E-state index in [1.807, 2.05) is 0 Å². The zero-order valence-electron chi connectivity index (χ0n) is 9.79. The molecule has 0 aliphatic heterocycles. The van der Waals surface area contributed by atoms with Crippen molar-refractivity contribution in [3.8, 4) is 5.75 Å². The van der Waals surface area contributed by atoms with Crippen LogP contribution in [0.5, 0.6) is 5.75 Å². The highest BCUT2D eigenvalue weighted by atomic mass is 79.9. The second-order valence-corrected chi connectivity index (χ2v) is 7.30. The molecule has 19 heavy (non-hydrogen) atoms. The van der Waals surface area contributed by atoms with Gasteiger partial charge in [0.2, 0.25) is 0 Å². The number of halogens is 1. The number of Topliss-reactive ketones (excluding diaryl/α,β-unsaturated/α-hetero) is 1. The molecule has 1 aromatic heterocycles. The Bertz CT molecular complexity index is 705. The van der Waals surface area contributed by atoms with E-state index in [9.17, 15) is 13.2 Å². The third kappa shape index (κ3) is 3.23. The predicted octanol–water partition coefficient (Wildman–Crippen LogP) is 3.48. The average Bonchev–Trinajstić information content (AvgIpc) is 2.85. The molecule has 2 aromatic rings. The van der Waals surface area contributed by atoms with Gasteiger partial charge in [0, 0.05) is 4.47 Å². The summed E-state index contributed by atoms with van der Waals surface area (Å²) < 4.78 is 29.8. The van der Waals surface area contributed by atoms with Gasteiger partial charge in [-0.2, -0.15) is 8.42 Å². The Morgan fingerprint density at radius 3 is 2.63 bits per heavy atom. The van der Waals surface area contributed by atoms with E-state index < -0.39 is 10.1 Å². The van der Waals surface area contributed by atoms with E-state index in [4.69, 9.17) is 4.18 Å². The molecule has 0 amide bonds. The number of carbonyl (C=O) groups excluding carboxylic acids is 1. The van der Waals surface area contributed by atoms with Crippen LogP contribution in [0.25, 0.3) is 0 Å². The third-order valence-electron chi connectivity index (χ3n) is 2.26. The Kier molecular flexibility index (Phi) is 4.07. The van der Waals surface area contributed by atoms with E-state index in [1.165, 1.54) is 25.1 Å². The Labute approximate surface area is 123 Å². The molecular weight excluding hydrogens is 352 g/mol. The minimum Gasteiger partial charge on any atom is -0.378 e. The lowest BCUT2D eigenvalue weighted by molar-refractivity contribution is 0.101. The molecular formula is C12H9BrO4S2. The zero-order valence-corrected chi connectivity index (χ0v) is 13.0. The minimum absolute atomic E-state index is 0.0316. The van der Waals surface area contributed by atoms with Crippen LogP contribution in [-0.2, 0) is 10.1 Å². The van der Waals surface area contributed by atoms with Crippen molar-refractivity contribution < 1.29 is 17.4 Å². The van der Waals surface area contributed by atoms with Crippen LogP contribution in [0.3, 0.4) is 0 Å². The SMILES string of the molecule is CC(=O)c1cc(Br)ccc1OS(=O)(=O)c1cccs1. The van der Waals surface area contributed by atoms with E-state index in [0.29, 0.717) is 4.47 Å². The van der Waals surface area contributed by atoms with Gasteiger partial charge < -0.3 is 4.18 Å². The molecule has 2 rings (SSSR count). The maximum absolute atomic E-state index is 12.0. The maximum Gasteiger partial charge on any atom is 0.348 e. The lowest BCUT2D eigenvalue weighted by atomic mass is 10.1. The van der Waals surface area contributed by atoms with Crippen LogP contribution in [0, 0.1) is 0 Å². The van der Waals surface area contributed by atoms with E-state index in [0.717, 1.165) is 11.3 Å². The summed E-state index contributed by atoms with van der Waals surface area (Å²) in [5.74, 6) is -0.234. The van der Waals surface area contributed by atoms with Crippen molar-refractivity contribution in [1.82, 2.24) is 0 Å². The summed E-state index contributed by atoms with van der Waals surface area (Å²) in [6.07, 6.45) is 0.